The van der Waals surface area contributed by atoms with E-state index < -0.39 is 0 Å². The molecule has 1 amide bonds. The molecule has 4 aromatic rings. The quantitative estimate of drug-likeness (QED) is 0.303. The molecule has 0 saturated heterocycles. The summed E-state index contributed by atoms with van der Waals surface area (Å²) in [6.07, 6.45) is 7.53. The number of fused-ring (bicyclic) bond motifs is 1. The van der Waals surface area contributed by atoms with Crippen LogP contribution in [0.2, 0.25) is 0 Å². The molecule has 1 aromatic heterocycles. The van der Waals surface area contributed by atoms with E-state index in [1.807, 2.05) is 59.1 Å². The first kappa shape index (κ1) is 26.2. The van der Waals surface area contributed by atoms with Crippen molar-refractivity contribution in [2.75, 3.05) is 4.90 Å². The second-order valence-electron chi connectivity index (χ2n) is 10.1. The number of carbonyl (C=O) groups is 1. The summed E-state index contributed by atoms with van der Waals surface area (Å²) in [6.45, 7) is 0.406. The zero-order valence-corrected chi connectivity index (χ0v) is 22.4. The second-order valence-corrected chi connectivity index (χ2v) is 10.6. The molecule has 0 bridgehead atoms. The van der Waals surface area contributed by atoms with Crippen LogP contribution in [0.3, 0.4) is 0 Å². The molecule has 6 rings (SSSR count). The van der Waals surface area contributed by atoms with Crippen LogP contribution in [0.5, 0.6) is 0 Å². The first-order valence-corrected chi connectivity index (χ1v) is 13.5. The molecule has 3 unspecified atom stereocenters. The van der Waals surface area contributed by atoms with Gasteiger partial charge in [-0.25, -0.2) is 9.37 Å². The molecule has 3 atom stereocenters. The van der Waals surface area contributed by atoms with Crippen LogP contribution in [-0.4, -0.2) is 15.5 Å². The Balaban J connectivity index is 0.000000366. The molecule has 2 N–H and O–H groups in total. The molecule has 0 aliphatic heterocycles. The fourth-order valence-electron chi connectivity index (χ4n) is 5.15. The number of anilines is 1. The van der Waals surface area contributed by atoms with Gasteiger partial charge < -0.3 is 15.2 Å². The number of imidazole rings is 1. The van der Waals surface area contributed by atoms with Gasteiger partial charge >= 0.3 is 0 Å². The highest BCUT2D eigenvalue weighted by Crippen LogP contribution is 2.49. The van der Waals surface area contributed by atoms with E-state index in [-0.39, 0.29) is 29.6 Å². The highest BCUT2D eigenvalue weighted by Gasteiger charge is 2.46. The molecular formula is C31H33FN4OS. The van der Waals surface area contributed by atoms with E-state index in [0.717, 1.165) is 53.2 Å². The van der Waals surface area contributed by atoms with E-state index in [9.17, 15) is 9.18 Å². The molecule has 196 valence electrons. The maximum Gasteiger partial charge on any atom is 0.231 e. The van der Waals surface area contributed by atoms with E-state index in [2.05, 4.69) is 29.7 Å². The largest absolute Gasteiger partial charge is 0.337 e. The summed E-state index contributed by atoms with van der Waals surface area (Å²) < 4.78 is 15.2. The second kappa shape index (κ2) is 11.5. The lowest BCUT2D eigenvalue weighted by Crippen LogP contribution is -2.33. The lowest BCUT2D eigenvalue weighted by atomic mass is 9.88. The molecule has 1 heterocycles. The highest BCUT2D eigenvalue weighted by molar-refractivity contribution is 7.80. The molecule has 38 heavy (non-hydrogen) atoms. The number of halogens is 1. The summed E-state index contributed by atoms with van der Waals surface area (Å²) in [5, 5.41) is 0. The van der Waals surface area contributed by atoms with Gasteiger partial charge in [0.2, 0.25) is 5.91 Å². The van der Waals surface area contributed by atoms with Crippen molar-refractivity contribution in [1.82, 2.24) is 9.55 Å². The van der Waals surface area contributed by atoms with Gasteiger partial charge in [0.15, 0.2) is 0 Å². The van der Waals surface area contributed by atoms with Gasteiger partial charge in [0.25, 0.3) is 0 Å². The summed E-state index contributed by atoms with van der Waals surface area (Å²) in [7, 11) is 1.94. The van der Waals surface area contributed by atoms with Crippen LogP contribution < -0.4 is 10.6 Å². The summed E-state index contributed by atoms with van der Waals surface area (Å²) in [4.78, 5) is 20.9. The molecule has 1 saturated carbocycles. The van der Waals surface area contributed by atoms with Crippen molar-refractivity contribution in [3.63, 3.8) is 0 Å². The first-order chi connectivity index (χ1) is 18.4. The smallest absolute Gasteiger partial charge is 0.231 e. The molecular weight excluding hydrogens is 495 g/mol. The lowest BCUT2D eigenvalue weighted by Gasteiger charge is -2.27. The fraction of sp³-hybridized carbons (Fsp3) is 0.290. The Labute approximate surface area is 228 Å². The number of amides is 1. The lowest BCUT2D eigenvalue weighted by molar-refractivity contribution is -0.120. The molecule has 3 aromatic carbocycles. The molecule has 1 fully saturated rings. The van der Waals surface area contributed by atoms with Crippen LogP contribution in [0, 0.1) is 11.7 Å². The Bertz CT molecular complexity index is 1390. The van der Waals surface area contributed by atoms with E-state index in [0.29, 0.717) is 6.54 Å². The van der Waals surface area contributed by atoms with E-state index in [1.165, 1.54) is 17.7 Å². The summed E-state index contributed by atoms with van der Waals surface area (Å²) in [5.41, 5.74) is 10.7. The topological polar surface area (TPSA) is 64.2 Å². The average molecular weight is 529 g/mol. The minimum atomic E-state index is -0.255. The van der Waals surface area contributed by atoms with Gasteiger partial charge in [0.1, 0.15) is 11.6 Å². The molecule has 0 radical (unpaired) electrons. The van der Waals surface area contributed by atoms with Crippen LogP contribution in [0.4, 0.5) is 10.1 Å². The van der Waals surface area contributed by atoms with E-state index >= 15 is 0 Å². The van der Waals surface area contributed by atoms with Gasteiger partial charge in [-0.05, 0) is 84.7 Å². The Morgan fingerprint density at radius 1 is 1.13 bits per heavy atom. The molecule has 2 aliphatic carbocycles. The minimum Gasteiger partial charge on any atom is -0.337 e. The normalized spacial score (nSPS) is 19.6. The summed E-state index contributed by atoms with van der Waals surface area (Å²) in [6, 6.07) is 22.5. The van der Waals surface area contributed by atoms with Crippen molar-refractivity contribution in [3.05, 3.63) is 114 Å². The summed E-state index contributed by atoms with van der Waals surface area (Å²) in [5.74, 6) is 0.692. The highest BCUT2D eigenvalue weighted by atomic mass is 32.1. The Morgan fingerprint density at radius 3 is 2.55 bits per heavy atom. The van der Waals surface area contributed by atoms with Gasteiger partial charge in [-0.15, -0.1) is 12.6 Å². The monoisotopic (exact) mass is 528 g/mol. The number of hydrogen-bond donors (Lipinski definition) is 2. The first-order valence-electron chi connectivity index (χ1n) is 13.1. The van der Waals surface area contributed by atoms with Crippen LogP contribution in [0.15, 0.2) is 90.1 Å². The molecule has 7 heteroatoms. The zero-order chi connectivity index (χ0) is 26.6. The van der Waals surface area contributed by atoms with Gasteiger partial charge in [-0.1, -0.05) is 36.4 Å². The van der Waals surface area contributed by atoms with Gasteiger partial charge in [-0.2, -0.15) is 0 Å². The molecule has 5 nitrogen and oxygen atoms in total. The predicted octanol–water partition coefficient (Wildman–Crippen LogP) is 6.21. The van der Waals surface area contributed by atoms with Crippen molar-refractivity contribution in [2.45, 2.75) is 49.1 Å². The standard InChI is InChI=1S/C25H27FN4O.C6H6S/c1-29-12-11-28-24(29)15-30(19-10-7-16-3-2-4-23(27)21(16)13-19)25(31)22-14-20(22)17-5-8-18(26)9-6-17;7-6-4-2-1-3-5-6/h5-13,20,22-23H,2-4,14-15,27H2,1H3;1-5,7H. The van der Waals surface area contributed by atoms with E-state index in [4.69, 9.17) is 5.73 Å². The third-order valence-corrected chi connectivity index (χ3v) is 7.75. The maximum absolute atomic E-state index is 13.6. The molecule has 0 spiro atoms. The average Bonchev–Trinajstić information content (AvgIpc) is 3.63. The Hall–Kier alpha value is -3.42. The SMILES string of the molecule is Cn1ccnc1CN(C(=O)C1CC1c1ccc(F)cc1)c1ccc2c(c1)C(N)CCC2.Sc1ccccc1. The van der Waals surface area contributed by atoms with Crippen molar-refractivity contribution in [1.29, 1.82) is 0 Å². The molecule has 2 aliphatic rings. The number of nitrogens with two attached hydrogens (primary N) is 1. The third-order valence-electron chi connectivity index (χ3n) is 7.45. The Kier molecular flexibility index (Phi) is 7.95. The fourth-order valence-corrected chi connectivity index (χ4v) is 5.32. The number of thiol groups is 1. The number of rotatable bonds is 5. The van der Waals surface area contributed by atoms with Crippen molar-refractivity contribution < 1.29 is 9.18 Å². The number of nitrogens with zero attached hydrogens (tertiary/aromatic N) is 3. The number of hydrogen-bond acceptors (Lipinski definition) is 4. The maximum atomic E-state index is 13.6. The number of carbonyl (C=O) groups excluding carboxylic acids is 1. The van der Waals surface area contributed by atoms with Crippen LogP contribution in [0.1, 0.15) is 53.7 Å². The van der Waals surface area contributed by atoms with Gasteiger partial charge in [-0.3, -0.25) is 4.79 Å². The van der Waals surface area contributed by atoms with Crippen molar-refractivity contribution in [2.24, 2.45) is 18.7 Å². The van der Waals surface area contributed by atoms with Crippen LogP contribution >= 0.6 is 12.6 Å². The van der Waals surface area contributed by atoms with Crippen LogP contribution in [0.25, 0.3) is 0 Å². The predicted molar refractivity (Wildman–Crippen MR) is 152 cm³/mol. The van der Waals surface area contributed by atoms with Crippen molar-refractivity contribution in [3.8, 4) is 0 Å². The Morgan fingerprint density at radius 2 is 1.89 bits per heavy atom. The van der Waals surface area contributed by atoms with Gasteiger partial charge in [0, 0.05) is 42.0 Å². The van der Waals surface area contributed by atoms with Gasteiger partial charge in [0.05, 0.1) is 6.54 Å². The summed E-state index contributed by atoms with van der Waals surface area (Å²) >= 11 is 4.08. The third kappa shape index (κ3) is 6.00. The van der Waals surface area contributed by atoms with Crippen molar-refractivity contribution >= 4 is 24.2 Å². The number of aromatic nitrogens is 2. The minimum absolute atomic E-state index is 0.0155. The van der Waals surface area contributed by atoms with Crippen LogP contribution in [-0.2, 0) is 24.8 Å². The van der Waals surface area contributed by atoms with E-state index in [1.54, 1.807) is 18.3 Å². The number of aryl methyl sites for hydroxylation is 2. The number of benzene rings is 3. The zero-order valence-electron chi connectivity index (χ0n) is 21.5.